The first-order chi connectivity index (χ1) is 16.7. The average molecular weight is 501 g/mol. The average Bonchev–Trinajstić information content (AvgIpc) is 2.84. The van der Waals surface area contributed by atoms with Crippen LogP contribution in [0.15, 0.2) is 59.8 Å². The Balaban J connectivity index is 1.43. The number of aromatic nitrogens is 2. The van der Waals surface area contributed by atoms with Gasteiger partial charge in [-0.1, -0.05) is 0 Å². The van der Waals surface area contributed by atoms with Crippen molar-refractivity contribution in [3.8, 4) is 5.75 Å². The van der Waals surface area contributed by atoms with Gasteiger partial charge < -0.3 is 20.3 Å². The molecule has 184 valence electrons. The molecular formula is C23H25FN6O4S. The summed E-state index contributed by atoms with van der Waals surface area (Å²) in [6, 6.07) is 10.0. The highest BCUT2D eigenvalue weighted by Gasteiger charge is 2.23. The van der Waals surface area contributed by atoms with E-state index >= 15 is 0 Å². The fourth-order valence-electron chi connectivity index (χ4n) is 3.88. The molecule has 2 heterocycles. The maximum absolute atomic E-state index is 15.0. The van der Waals surface area contributed by atoms with Crippen LogP contribution in [0.1, 0.15) is 23.2 Å². The third kappa shape index (κ3) is 5.84. The van der Waals surface area contributed by atoms with Crippen molar-refractivity contribution in [3.05, 3.63) is 66.2 Å². The van der Waals surface area contributed by atoms with Crippen LogP contribution in [0.5, 0.6) is 5.75 Å². The number of methoxy groups -OCH3 is 1. The molecule has 35 heavy (non-hydrogen) atoms. The molecule has 2 aromatic carbocycles. The number of nitrogens with one attached hydrogen (secondary N) is 2. The predicted octanol–water partition coefficient (Wildman–Crippen LogP) is 2.60. The Kier molecular flexibility index (Phi) is 7.12. The number of ether oxygens (including phenoxy) is 1. The zero-order chi connectivity index (χ0) is 25.0. The first-order valence-corrected chi connectivity index (χ1v) is 12.4. The van der Waals surface area contributed by atoms with E-state index in [1.807, 2.05) is 4.90 Å². The normalized spacial score (nSPS) is 14.4. The van der Waals surface area contributed by atoms with Crippen LogP contribution in [0.4, 0.5) is 21.7 Å². The lowest BCUT2D eigenvalue weighted by Crippen LogP contribution is -2.39. The van der Waals surface area contributed by atoms with Crippen molar-refractivity contribution in [1.29, 1.82) is 0 Å². The summed E-state index contributed by atoms with van der Waals surface area (Å²) >= 11 is 0. The number of hydrogen-bond acceptors (Lipinski definition) is 8. The highest BCUT2D eigenvalue weighted by atomic mass is 32.2. The minimum Gasteiger partial charge on any atom is -0.495 e. The summed E-state index contributed by atoms with van der Waals surface area (Å²) in [4.78, 5) is 22.8. The molecule has 3 aromatic rings. The molecule has 1 aliphatic rings. The third-order valence-electron chi connectivity index (χ3n) is 5.69. The molecule has 4 rings (SSSR count). The van der Waals surface area contributed by atoms with E-state index in [0.29, 0.717) is 24.7 Å². The van der Waals surface area contributed by atoms with Gasteiger partial charge in [0.15, 0.2) is 0 Å². The Morgan fingerprint density at radius 1 is 1.14 bits per heavy atom. The van der Waals surface area contributed by atoms with E-state index in [0.717, 1.165) is 18.9 Å². The number of anilines is 3. The van der Waals surface area contributed by atoms with Crippen molar-refractivity contribution in [2.24, 2.45) is 5.14 Å². The van der Waals surface area contributed by atoms with Gasteiger partial charge in [0.05, 0.1) is 23.4 Å². The highest BCUT2D eigenvalue weighted by Crippen LogP contribution is 2.29. The van der Waals surface area contributed by atoms with Crippen molar-refractivity contribution in [2.75, 3.05) is 35.7 Å². The summed E-state index contributed by atoms with van der Waals surface area (Å²) < 4.78 is 43.4. The van der Waals surface area contributed by atoms with Gasteiger partial charge in [-0.3, -0.25) is 4.79 Å². The number of carbonyl (C=O) groups excluding carboxylic acids is 1. The Hall–Kier alpha value is -3.77. The van der Waals surface area contributed by atoms with Crippen molar-refractivity contribution in [2.45, 2.75) is 23.8 Å². The minimum atomic E-state index is -3.98. The molecule has 0 atom stereocenters. The number of carbonyl (C=O) groups is 1. The van der Waals surface area contributed by atoms with Crippen molar-refractivity contribution in [1.82, 2.24) is 9.97 Å². The lowest BCUT2D eigenvalue weighted by atomic mass is 10.0. The Labute approximate surface area is 202 Å². The van der Waals surface area contributed by atoms with E-state index in [1.54, 1.807) is 24.5 Å². The topological polar surface area (TPSA) is 140 Å². The summed E-state index contributed by atoms with van der Waals surface area (Å²) in [7, 11) is -2.60. The first-order valence-electron chi connectivity index (χ1n) is 10.8. The quantitative estimate of drug-likeness (QED) is 0.450. The van der Waals surface area contributed by atoms with Crippen LogP contribution < -0.4 is 25.4 Å². The number of rotatable bonds is 7. The summed E-state index contributed by atoms with van der Waals surface area (Å²) in [5.41, 5.74) is 0.585. The van der Waals surface area contributed by atoms with E-state index in [2.05, 4.69) is 20.6 Å². The van der Waals surface area contributed by atoms with Gasteiger partial charge in [0, 0.05) is 37.1 Å². The van der Waals surface area contributed by atoms with E-state index in [1.165, 1.54) is 31.4 Å². The van der Waals surface area contributed by atoms with Crippen molar-refractivity contribution >= 4 is 33.3 Å². The predicted molar refractivity (Wildman–Crippen MR) is 130 cm³/mol. The monoisotopic (exact) mass is 500 g/mol. The van der Waals surface area contributed by atoms with E-state index in [-0.39, 0.29) is 27.9 Å². The molecule has 1 aliphatic heterocycles. The first kappa shape index (κ1) is 24.4. The van der Waals surface area contributed by atoms with Crippen molar-refractivity contribution in [3.63, 3.8) is 0 Å². The van der Waals surface area contributed by atoms with Crippen LogP contribution in [0.2, 0.25) is 0 Å². The molecule has 4 N–H and O–H groups in total. The zero-order valence-corrected chi connectivity index (χ0v) is 19.8. The number of benzene rings is 2. The summed E-state index contributed by atoms with van der Waals surface area (Å²) in [5.74, 6) is -0.342. The maximum Gasteiger partial charge on any atom is 0.255 e. The molecule has 10 nitrogen and oxygen atoms in total. The zero-order valence-electron chi connectivity index (χ0n) is 18.9. The third-order valence-corrected chi connectivity index (χ3v) is 6.60. The smallest absolute Gasteiger partial charge is 0.255 e. The second-order valence-electron chi connectivity index (χ2n) is 8.01. The molecule has 1 fully saturated rings. The number of piperidine rings is 1. The largest absolute Gasteiger partial charge is 0.495 e. The summed E-state index contributed by atoms with van der Waals surface area (Å²) in [6.07, 6.45) is 4.90. The summed E-state index contributed by atoms with van der Waals surface area (Å²) in [6.45, 7) is 1.26. The molecule has 0 spiro atoms. The van der Waals surface area contributed by atoms with Crippen LogP contribution in [0.3, 0.4) is 0 Å². The fourth-order valence-corrected chi connectivity index (χ4v) is 4.42. The highest BCUT2D eigenvalue weighted by molar-refractivity contribution is 7.89. The van der Waals surface area contributed by atoms with E-state index < -0.39 is 21.7 Å². The lowest BCUT2D eigenvalue weighted by Gasteiger charge is -2.34. The number of halogens is 1. The second-order valence-corrected chi connectivity index (χ2v) is 9.57. The van der Waals surface area contributed by atoms with E-state index in [9.17, 15) is 17.6 Å². The molecule has 0 bridgehead atoms. The van der Waals surface area contributed by atoms with Crippen LogP contribution in [-0.4, -0.2) is 50.5 Å². The van der Waals surface area contributed by atoms with Gasteiger partial charge in [-0.05, 0) is 55.3 Å². The fraction of sp³-hybridized carbons (Fsp3) is 0.261. The maximum atomic E-state index is 15.0. The Morgan fingerprint density at radius 2 is 1.86 bits per heavy atom. The second kappa shape index (κ2) is 10.2. The van der Waals surface area contributed by atoms with Crippen LogP contribution in [-0.2, 0) is 10.0 Å². The number of hydrogen-bond donors (Lipinski definition) is 3. The van der Waals surface area contributed by atoms with Gasteiger partial charge in [0.2, 0.25) is 16.0 Å². The molecule has 0 radical (unpaired) electrons. The molecule has 12 heteroatoms. The number of sulfonamides is 1. The molecule has 1 saturated heterocycles. The van der Waals surface area contributed by atoms with Crippen LogP contribution in [0, 0.1) is 5.82 Å². The van der Waals surface area contributed by atoms with Gasteiger partial charge >= 0.3 is 0 Å². The Morgan fingerprint density at radius 3 is 2.49 bits per heavy atom. The van der Waals surface area contributed by atoms with Crippen LogP contribution >= 0.6 is 0 Å². The van der Waals surface area contributed by atoms with Crippen molar-refractivity contribution < 1.29 is 22.3 Å². The van der Waals surface area contributed by atoms with Gasteiger partial charge in [-0.15, -0.1) is 0 Å². The van der Waals surface area contributed by atoms with Crippen LogP contribution in [0.25, 0.3) is 0 Å². The number of nitrogens with zero attached hydrogens (tertiary/aromatic N) is 3. The molecule has 1 amide bonds. The SMILES string of the molecule is COc1ccc(S(N)(=O)=O)cc1NC(=O)c1ccc(N2CCC(Nc3ncccn3)CC2)c(F)c1. The molecule has 1 aromatic heterocycles. The number of primary sulfonamides is 1. The van der Waals surface area contributed by atoms with Gasteiger partial charge in [-0.2, -0.15) is 0 Å². The van der Waals surface area contributed by atoms with E-state index in [4.69, 9.17) is 9.88 Å². The number of nitrogens with two attached hydrogens (primary N) is 1. The van der Waals surface area contributed by atoms with Gasteiger partial charge in [0.1, 0.15) is 11.6 Å². The number of amides is 1. The Bertz CT molecular complexity index is 1310. The molecule has 0 unspecified atom stereocenters. The standard InChI is InChI=1S/C23H25FN6O4S/c1-34-21-6-4-17(35(25,32)33)14-19(21)29-22(31)15-3-5-20(18(24)13-15)30-11-7-16(8-12-30)28-23-26-9-2-10-27-23/h2-6,9-10,13-14,16H,7-8,11-12H2,1H3,(H,29,31)(H2,25,32,33)(H,26,27,28). The molecule has 0 saturated carbocycles. The lowest BCUT2D eigenvalue weighted by molar-refractivity contribution is 0.102. The molecule has 0 aliphatic carbocycles. The van der Waals surface area contributed by atoms with Gasteiger partial charge in [0.25, 0.3) is 5.91 Å². The van der Waals surface area contributed by atoms with Gasteiger partial charge in [-0.25, -0.2) is 27.9 Å². The summed E-state index contributed by atoms with van der Waals surface area (Å²) in [5, 5.41) is 11.0. The minimum absolute atomic E-state index is 0.0760. The molecular weight excluding hydrogens is 475 g/mol.